The summed E-state index contributed by atoms with van der Waals surface area (Å²) < 4.78 is 32.9. The second kappa shape index (κ2) is 7.04. The van der Waals surface area contributed by atoms with Crippen molar-refractivity contribution in [2.45, 2.75) is 20.0 Å². The number of halogens is 3. The quantitative estimate of drug-likeness (QED) is 0.739. The summed E-state index contributed by atoms with van der Waals surface area (Å²) in [6.07, 6.45) is -0.128. The molecule has 3 nitrogen and oxygen atoms in total. The Kier molecular flexibility index (Phi) is 5.33. The first-order valence-electron chi connectivity index (χ1n) is 6.59. The first-order chi connectivity index (χ1) is 10.4. The predicted molar refractivity (Wildman–Crippen MR) is 89.2 cm³/mol. The molecule has 0 saturated carbocycles. The van der Waals surface area contributed by atoms with Gasteiger partial charge in [0.15, 0.2) is 0 Å². The maximum Gasteiger partial charge on any atom is 0.255 e. The highest BCUT2D eigenvalue weighted by Gasteiger charge is 2.13. The van der Waals surface area contributed by atoms with Gasteiger partial charge in [-0.15, -0.1) is 0 Å². The van der Waals surface area contributed by atoms with Gasteiger partial charge in [0.05, 0.1) is 11.8 Å². The Labute approximate surface area is 140 Å². The zero-order valence-corrected chi connectivity index (χ0v) is 14.1. The van der Waals surface area contributed by atoms with Gasteiger partial charge in [0.1, 0.15) is 17.4 Å². The maximum atomic E-state index is 13.5. The molecule has 1 amide bonds. The van der Waals surface area contributed by atoms with E-state index in [9.17, 15) is 13.6 Å². The van der Waals surface area contributed by atoms with Crippen LogP contribution in [0, 0.1) is 15.2 Å². The number of carbonyl (C=O) groups is 1. The van der Waals surface area contributed by atoms with Gasteiger partial charge in [0.2, 0.25) is 0 Å². The summed E-state index contributed by atoms with van der Waals surface area (Å²) in [7, 11) is 0. The highest BCUT2D eigenvalue weighted by atomic mass is 127. The molecule has 2 aromatic carbocycles. The molecule has 0 aliphatic rings. The summed E-state index contributed by atoms with van der Waals surface area (Å²) in [6.45, 7) is 3.65. The smallest absolute Gasteiger partial charge is 0.255 e. The summed E-state index contributed by atoms with van der Waals surface area (Å²) in [5, 5.41) is 2.55. The minimum absolute atomic E-state index is 0.128. The molecule has 0 aliphatic carbocycles. The number of anilines is 1. The molecular weight excluding hydrogens is 403 g/mol. The maximum absolute atomic E-state index is 13.5. The van der Waals surface area contributed by atoms with E-state index in [0.717, 1.165) is 6.07 Å². The van der Waals surface area contributed by atoms with Gasteiger partial charge >= 0.3 is 0 Å². The molecular formula is C16H14F2INO2. The largest absolute Gasteiger partial charge is 0.489 e. The average Bonchev–Trinajstić information content (AvgIpc) is 2.44. The lowest BCUT2D eigenvalue weighted by Gasteiger charge is -2.15. The Bertz CT molecular complexity index is 705. The molecule has 0 aliphatic heterocycles. The molecule has 1 N–H and O–H groups in total. The molecule has 0 radical (unpaired) electrons. The molecule has 116 valence electrons. The molecule has 0 fully saturated rings. The van der Waals surface area contributed by atoms with E-state index < -0.39 is 17.5 Å². The molecule has 2 rings (SSSR count). The molecule has 0 unspecified atom stereocenters. The summed E-state index contributed by atoms with van der Waals surface area (Å²) in [5.74, 6) is -1.16. The van der Waals surface area contributed by atoms with E-state index in [1.165, 1.54) is 30.3 Å². The SMILES string of the molecule is CC(C)Oc1ccc(F)cc1NC(=O)c1ccc(I)c(F)c1. The summed E-state index contributed by atoms with van der Waals surface area (Å²) >= 11 is 1.83. The number of rotatable bonds is 4. The fraction of sp³-hybridized carbons (Fsp3) is 0.188. The third-order valence-electron chi connectivity index (χ3n) is 2.73. The highest BCUT2D eigenvalue weighted by Crippen LogP contribution is 2.27. The van der Waals surface area contributed by atoms with Crippen molar-refractivity contribution >= 4 is 34.2 Å². The van der Waals surface area contributed by atoms with Crippen LogP contribution in [0.3, 0.4) is 0 Å². The molecule has 0 heterocycles. The third-order valence-corrected chi connectivity index (χ3v) is 3.61. The monoisotopic (exact) mass is 417 g/mol. The Hall–Kier alpha value is -1.70. The Morgan fingerprint density at radius 3 is 2.55 bits per heavy atom. The number of nitrogens with one attached hydrogen (secondary N) is 1. The zero-order valence-electron chi connectivity index (χ0n) is 12.0. The van der Waals surface area contributed by atoms with E-state index in [0.29, 0.717) is 9.32 Å². The molecule has 0 atom stereocenters. The molecule has 0 aromatic heterocycles. The first-order valence-corrected chi connectivity index (χ1v) is 7.67. The van der Waals surface area contributed by atoms with Gasteiger partial charge in [0.25, 0.3) is 5.91 Å². The van der Waals surface area contributed by atoms with Crippen molar-refractivity contribution < 1.29 is 18.3 Å². The predicted octanol–water partition coefficient (Wildman–Crippen LogP) is 4.61. The molecule has 0 saturated heterocycles. The normalized spacial score (nSPS) is 10.6. The first kappa shape index (κ1) is 16.7. The number of benzene rings is 2. The standard InChI is InChI=1S/C16H14F2INO2/c1-9(2)22-15-6-4-11(17)8-14(15)20-16(21)10-3-5-13(19)12(18)7-10/h3-9H,1-2H3,(H,20,21). The van der Waals surface area contributed by atoms with Gasteiger partial charge in [-0.05, 0) is 66.8 Å². The summed E-state index contributed by atoms with van der Waals surface area (Å²) in [4.78, 5) is 12.2. The fourth-order valence-electron chi connectivity index (χ4n) is 1.79. The van der Waals surface area contributed by atoms with Crippen molar-refractivity contribution in [1.82, 2.24) is 0 Å². The lowest BCUT2D eigenvalue weighted by Crippen LogP contribution is -2.15. The fourth-order valence-corrected chi connectivity index (χ4v) is 2.12. The van der Waals surface area contributed by atoms with Crippen molar-refractivity contribution in [2.75, 3.05) is 5.32 Å². The van der Waals surface area contributed by atoms with Crippen LogP contribution < -0.4 is 10.1 Å². The van der Waals surface area contributed by atoms with Crippen molar-refractivity contribution in [3.8, 4) is 5.75 Å². The number of amides is 1. The Balaban J connectivity index is 2.27. The van der Waals surface area contributed by atoms with Gasteiger partial charge in [-0.3, -0.25) is 4.79 Å². The van der Waals surface area contributed by atoms with Crippen LogP contribution in [-0.4, -0.2) is 12.0 Å². The molecule has 22 heavy (non-hydrogen) atoms. The van der Waals surface area contributed by atoms with Crippen LogP contribution in [0.15, 0.2) is 36.4 Å². The van der Waals surface area contributed by atoms with Gasteiger partial charge in [-0.25, -0.2) is 8.78 Å². The van der Waals surface area contributed by atoms with Crippen LogP contribution >= 0.6 is 22.6 Å². The van der Waals surface area contributed by atoms with Crippen molar-refractivity contribution in [2.24, 2.45) is 0 Å². The Morgan fingerprint density at radius 1 is 1.18 bits per heavy atom. The van der Waals surface area contributed by atoms with Crippen molar-refractivity contribution in [3.63, 3.8) is 0 Å². The van der Waals surface area contributed by atoms with Crippen LogP contribution in [0.1, 0.15) is 24.2 Å². The van der Waals surface area contributed by atoms with Crippen LogP contribution in [0.2, 0.25) is 0 Å². The van der Waals surface area contributed by atoms with Crippen LogP contribution in [0.4, 0.5) is 14.5 Å². The van der Waals surface area contributed by atoms with E-state index in [4.69, 9.17) is 4.74 Å². The minimum Gasteiger partial charge on any atom is -0.489 e. The minimum atomic E-state index is -0.533. The van der Waals surface area contributed by atoms with E-state index in [-0.39, 0.29) is 17.4 Å². The van der Waals surface area contributed by atoms with Gasteiger partial charge in [0, 0.05) is 15.2 Å². The lowest BCUT2D eigenvalue weighted by atomic mass is 10.2. The molecule has 0 spiro atoms. The number of ether oxygens (including phenoxy) is 1. The van der Waals surface area contributed by atoms with Gasteiger partial charge in [-0.1, -0.05) is 0 Å². The van der Waals surface area contributed by atoms with Crippen LogP contribution in [0.25, 0.3) is 0 Å². The molecule has 2 aromatic rings. The topological polar surface area (TPSA) is 38.3 Å². The van der Waals surface area contributed by atoms with Crippen LogP contribution in [0.5, 0.6) is 5.75 Å². The summed E-state index contributed by atoms with van der Waals surface area (Å²) in [6, 6.07) is 8.00. The van der Waals surface area contributed by atoms with Gasteiger partial charge < -0.3 is 10.1 Å². The van der Waals surface area contributed by atoms with E-state index in [1.54, 1.807) is 0 Å². The average molecular weight is 417 g/mol. The number of carbonyl (C=O) groups excluding carboxylic acids is 1. The number of hydrogen-bond donors (Lipinski definition) is 1. The van der Waals surface area contributed by atoms with Crippen molar-refractivity contribution in [1.29, 1.82) is 0 Å². The van der Waals surface area contributed by atoms with Crippen LogP contribution in [-0.2, 0) is 0 Å². The van der Waals surface area contributed by atoms with E-state index in [2.05, 4.69) is 5.32 Å². The van der Waals surface area contributed by atoms with Gasteiger partial charge in [-0.2, -0.15) is 0 Å². The molecule has 6 heteroatoms. The Morgan fingerprint density at radius 2 is 1.91 bits per heavy atom. The van der Waals surface area contributed by atoms with Crippen molar-refractivity contribution in [3.05, 3.63) is 57.2 Å². The second-order valence-electron chi connectivity index (χ2n) is 4.89. The highest BCUT2D eigenvalue weighted by molar-refractivity contribution is 14.1. The third kappa shape index (κ3) is 4.16. The van der Waals surface area contributed by atoms with E-state index in [1.807, 2.05) is 36.4 Å². The van der Waals surface area contributed by atoms with E-state index >= 15 is 0 Å². The summed E-state index contributed by atoms with van der Waals surface area (Å²) in [5.41, 5.74) is 0.357. The number of hydrogen-bond acceptors (Lipinski definition) is 2. The molecule has 0 bridgehead atoms. The zero-order chi connectivity index (χ0) is 16.3. The lowest BCUT2D eigenvalue weighted by molar-refractivity contribution is 0.102. The second-order valence-corrected chi connectivity index (χ2v) is 6.05.